The monoisotopic (exact) mass is 429 g/mol. The first-order valence-electron chi connectivity index (χ1n) is 8.61. The summed E-state index contributed by atoms with van der Waals surface area (Å²) in [5, 5.41) is 2.52. The third-order valence-electron chi connectivity index (χ3n) is 5.05. The minimum Gasteiger partial charge on any atom is -0.467 e. The van der Waals surface area contributed by atoms with Gasteiger partial charge in [0.05, 0.1) is 13.7 Å². The lowest BCUT2D eigenvalue weighted by atomic mass is 9.77. The zero-order valence-electron chi connectivity index (χ0n) is 16.1. The summed E-state index contributed by atoms with van der Waals surface area (Å²) in [6, 6.07) is 1.62. The highest BCUT2D eigenvalue weighted by Gasteiger charge is 2.64. The van der Waals surface area contributed by atoms with Gasteiger partial charge < -0.3 is 14.8 Å². The fourth-order valence-electron chi connectivity index (χ4n) is 3.28. The highest BCUT2D eigenvalue weighted by molar-refractivity contribution is 7.80. The number of rotatable bonds is 3. The first-order chi connectivity index (χ1) is 13.4. The van der Waals surface area contributed by atoms with Gasteiger partial charge in [0.15, 0.2) is 0 Å². The van der Waals surface area contributed by atoms with Crippen molar-refractivity contribution < 1.29 is 27.0 Å². The van der Waals surface area contributed by atoms with E-state index in [1.54, 1.807) is 0 Å². The maximum absolute atomic E-state index is 15.5. The molecule has 0 aliphatic carbocycles. The summed E-state index contributed by atoms with van der Waals surface area (Å²) in [6.07, 6.45) is 2.51. The molecule has 10 heteroatoms. The van der Waals surface area contributed by atoms with E-state index in [2.05, 4.69) is 15.3 Å². The fraction of sp³-hybridized carbons (Fsp3) is 0.421. The Morgan fingerprint density at radius 1 is 1.10 bits per heavy atom. The van der Waals surface area contributed by atoms with Crippen LogP contribution in [0.25, 0.3) is 11.1 Å². The molecular formula is C19H19F4N3O2S. The second-order valence-electron chi connectivity index (χ2n) is 7.32. The van der Waals surface area contributed by atoms with Gasteiger partial charge in [-0.15, -0.1) is 0 Å². The Morgan fingerprint density at radius 2 is 1.72 bits per heavy atom. The van der Waals surface area contributed by atoms with Crippen molar-refractivity contribution in [3.63, 3.8) is 0 Å². The van der Waals surface area contributed by atoms with E-state index in [9.17, 15) is 8.78 Å². The fourth-order valence-corrected chi connectivity index (χ4v) is 3.55. The van der Waals surface area contributed by atoms with Crippen LogP contribution >= 0.6 is 12.2 Å². The molecule has 1 aromatic heterocycles. The summed E-state index contributed by atoms with van der Waals surface area (Å²) in [5.74, 6) is -5.71. The van der Waals surface area contributed by atoms with Gasteiger partial charge in [-0.1, -0.05) is 12.2 Å². The van der Waals surface area contributed by atoms with Crippen molar-refractivity contribution in [2.24, 2.45) is 0 Å². The third-order valence-corrected chi connectivity index (χ3v) is 5.27. The van der Waals surface area contributed by atoms with E-state index in [4.69, 9.17) is 21.7 Å². The number of methoxy groups -OCH3 is 1. The molecule has 3 rings (SSSR count). The maximum atomic E-state index is 15.5. The Labute approximate surface area is 170 Å². The first-order valence-corrected chi connectivity index (χ1v) is 9.02. The quantitative estimate of drug-likeness (QED) is 0.588. The van der Waals surface area contributed by atoms with Gasteiger partial charge in [0.25, 0.3) is 0 Å². The standard InChI is InChI=1S/C19H19F4N3O2S/c1-17(2)19(22,23)18(3,26-15(29)9-28-17)12-5-11(13(20)6-14(12)21)10-7-24-16(27-4)25-8-10/h5-8H,9H2,1-4H3,(H,26,29). The molecule has 0 amide bonds. The van der Waals surface area contributed by atoms with E-state index < -0.39 is 34.3 Å². The second-order valence-corrected chi connectivity index (χ2v) is 7.81. The number of benzene rings is 1. The van der Waals surface area contributed by atoms with Gasteiger partial charge in [0.2, 0.25) is 0 Å². The largest absolute Gasteiger partial charge is 0.467 e. The van der Waals surface area contributed by atoms with Crippen LogP contribution in [0.2, 0.25) is 0 Å². The van der Waals surface area contributed by atoms with Crippen LogP contribution in [-0.4, -0.2) is 40.2 Å². The molecule has 1 atom stereocenters. The van der Waals surface area contributed by atoms with Crippen molar-refractivity contribution >= 4 is 17.2 Å². The van der Waals surface area contributed by atoms with Gasteiger partial charge in [-0.05, 0) is 26.8 Å². The number of nitrogens with one attached hydrogen (secondary N) is 1. The highest BCUT2D eigenvalue weighted by atomic mass is 32.1. The molecule has 156 valence electrons. The number of aromatic nitrogens is 2. The summed E-state index contributed by atoms with van der Waals surface area (Å²) in [4.78, 5) is 7.74. The molecule has 0 bridgehead atoms. The number of hydrogen-bond donors (Lipinski definition) is 1. The lowest BCUT2D eigenvalue weighted by Crippen LogP contribution is -2.62. The van der Waals surface area contributed by atoms with Gasteiger partial charge in [-0.25, -0.2) is 27.5 Å². The van der Waals surface area contributed by atoms with Crippen LogP contribution in [0.4, 0.5) is 17.6 Å². The summed E-state index contributed by atoms with van der Waals surface area (Å²) in [6.45, 7) is 3.25. The van der Waals surface area contributed by atoms with Crippen molar-refractivity contribution in [1.82, 2.24) is 15.3 Å². The molecule has 1 saturated heterocycles. The van der Waals surface area contributed by atoms with E-state index in [0.717, 1.165) is 13.0 Å². The van der Waals surface area contributed by atoms with E-state index >= 15 is 8.78 Å². The van der Waals surface area contributed by atoms with Crippen molar-refractivity contribution in [2.75, 3.05) is 13.7 Å². The van der Waals surface area contributed by atoms with Crippen LogP contribution in [0.3, 0.4) is 0 Å². The Morgan fingerprint density at radius 3 is 2.31 bits per heavy atom. The molecule has 1 aromatic carbocycles. The number of halogens is 4. The van der Waals surface area contributed by atoms with E-state index in [1.165, 1.54) is 33.4 Å². The molecular weight excluding hydrogens is 410 g/mol. The normalized spacial score (nSPS) is 23.2. The van der Waals surface area contributed by atoms with Crippen LogP contribution in [0.1, 0.15) is 26.3 Å². The number of alkyl halides is 2. The van der Waals surface area contributed by atoms with Crippen molar-refractivity contribution in [3.05, 3.63) is 41.7 Å². The lowest BCUT2D eigenvalue weighted by molar-refractivity contribution is -0.216. The molecule has 1 unspecified atom stereocenters. The zero-order valence-corrected chi connectivity index (χ0v) is 17.0. The second kappa shape index (κ2) is 7.17. The zero-order chi connectivity index (χ0) is 21.6. The van der Waals surface area contributed by atoms with Gasteiger partial charge in [0.1, 0.15) is 27.8 Å². The van der Waals surface area contributed by atoms with Crippen LogP contribution in [0, 0.1) is 11.6 Å². The van der Waals surface area contributed by atoms with Crippen LogP contribution < -0.4 is 10.1 Å². The minimum absolute atomic E-state index is 0.0178. The van der Waals surface area contributed by atoms with Gasteiger partial charge in [-0.2, -0.15) is 0 Å². The van der Waals surface area contributed by atoms with Crippen molar-refractivity contribution in [1.29, 1.82) is 0 Å². The SMILES string of the molecule is COc1ncc(-c2cc(C3(C)NC(=S)COC(C)(C)C3(F)F)c(F)cc2F)cn1. The molecule has 0 saturated carbocycles. The molecule has 1 aliphatic rings. The van der Waals surface area contributed by atoms with E-state index in [-0.39, 0.29) is 28.7 Å². The summed E-state index contributed by atoms with van der Waals surface area (Å²) < 4.78 is 70.4. The average molecular weight is 429 g/mol. The van der Waals surface area contributed by atoms with E-state index in [0.29, 0.717) is 6.07 Å². The van der Waals surface area contributed by atoms with Crippen LogP contribution in [-0.2, 0) is 10.3 Å². The number of nitrogens with zero attached hydrogens (tertiary/aromatic N) is 2. The number of thiocarbonyl (C=S) groups is 1. The Kier molecular flexibility index (Phi) is 5.29. The number of ether oxygens (including phenoxy) is 2. The molecule has 0 spiro atoms. The van der Waals surface area contributed by atoms with Gasteiger partial charge in [-0.3, -0.25) is 0 Å². The molecule has 1 fully saturated rings. The molecule has 2 heterocycles. The van der Waals surface area contributed by atoms with Gasteiger partial charge >= 0.3 is 11.9 Å². The molecule has 2 aromatic rings. The topological polar surface area (TPSA) is 56.3 Å². The summed E-state index contributed by atoms with van der Waals surface area (Å²) in [7, 11) is 1.36. The maximum Gasteiger partial charge on any atom is 0.316 e. The lowest BCUT2D eigenvalue weighted by Gasteiger charge is -2.44. The average Bonchev–Trinajstić information content (AvgIpc) is 2.71. The van der Waals surface area contributed by atoms with Gasteiger partial charge in [0, 0.05) is 35.2 Å². The smallest absolute Gasteiger partial charge is 0.316 e. The third kappa shape index (κ3) is 3.44. The molecule has 29 heavy (non-hydrogen) atoms. The summed E-state index contributed by atoms with van der Waals surface area (Å²) in [5.41, 5.74) is -4.71. The van der Waals surface area contributed by atoms with Crippen LogP contribution in [0.15, 0.2) is 24.5 Å². The Bertz CT molecular complexity index is 953. The highest BCUT2D eigenvalue weighted by Crippen LogP contribution is 2.49. The van der Waals surface area contributed by atoms with Crippen LogP contribution in [0.5, 0.6) is 6.01 Å². The molecule has 1 N–H and O–H groups in total. The molecule has 0 radical (unpaired) electrons. The minimum atomic E-state index is -3.62. The molecule has 1 aliphatic heterocycles. The molecule has 5 nitrogen and oxygen atoms in total. The number of hydrogen-bond acceptors (Lipinski definition) is 5. The van der Waals surface area contributed by atoms with Crippen molar-refractivity contribution in [2.45, 2.75) is 37.8 Å². The Hall–Kier alpha value is -2.33. The Balaban J connectivity index is 2.21. The predicted molar refractivity (Wildman–Crippen MR) is 102 cm³/mol. The van der Waals surface area contributed by atoms with Crippen molar-refractivity contribution in [3.8, 4) is 17.1 Å². The first kappa shape index (κ1) is 21.4. The summed E-state index contributed by atoms with van der Waals surface area (Å²) >= 11 is 5.07. The van der Waals surface area contributed by atoms with E-state index in [1.807, 2.05) is 0 Å². The predicted octanol–water partition coefficient (Wildman–Crippen LogP) is 4.01.